The summed E-state index contributed by atoms with van der Waals surface area (Å²) < 4.78 is 0. The van der Waals surface area contributed by atoms with E-state index in [9.17, 15) is 0 Å². The van der Waals surface area contributed by atoms with Crippen LogP contribution in [0.4, 0.5) is 0 Å². The normalized spacial score (nSPS) is 7.50. The SMILES string of the molecule is Cl.O[Si](O)(O)O.[Er].[Y]. The Kier molecular flexibility index (Phi) is 27.2. The van der Waals surface area contributed by atoms with Crippen LogP contribution in [0, 0.1) is 37.3 Å². The smallest absolute Gasteiger partial charge is 0.368 e. The fourth-order valence-electron chi connectivity index (χ4n) is 0. The second kappa shape index (κ2) is 9.70. The largest absolute Gasteiger partial charge is 0.668 e. The van der Waals surface area contributed by atoms with Crippen LogP contribution < -0.4 is 0 Å². The third kappa shape index (κ3) is 70.8. The molecule has 0 saturated carbocycles. The molecule has 0 unspecified atom stereocenters. The standard InChI is InChI=1S/ClH.Er.H4O4Si.Y/c;;1-5(2,3)4;/h1H;;1-4H;. The molecule has 1 radical (unpaired) electrons. The Labute approximate surface area is 109 Å². The van der Waals surface area contributed by atoms with Gasteiger partial charge in [0.05, 0.1) is 0 Å². The monoisotopic (exact) mass is 387 g/mol. The van der Waals surface area contributed by atoms with Gasteiger partial charge in [0.1, 0.15) is 0 Å². The van der Waals surface area contributed by atoms with Crippen molar-refractivity contribution < 1.29 is 89.2 Å². The van der Waals surface area contributed by atoms with Gasteiger partial charge in [0, 0.05) is 70.0 Å². The van der Waals surface area contributed by atoms with E-state index in [4.69, 9.17) is 19.2 Å². The van der Waals surface area contributed by atoms with Crippen LogP contribution >= 0.6 is 12.4 Å². The second-order valence-electron chi connectivity index (χ2n) is 0.600. The van der Waals surface area contributed by atoms with Gasteiger partial charge in [-0.25, -0.2) is 0 Å². The zero-order valence-electron chi connectivity index (χ0n) is 3.56. The molecular formula is H5ClErO4SiY. The number of hydrogen-bond donors (Lipinski definition) is 4. The molecule has 0 heterocycles. The zero-order chi connectivity index (χ0) is 4.50. The topological polar surface area (TPSA) is 80.9 Å². The van der Waals surface area contributed by atoms with E-state index in [1.807, 2.05) is 0 Å². The number of halogens is 1. The third-order valence-electron chi connectivity index (χ3n) is 0. The predicted octanol–water partition coefficient (Wildman–Crippen LogP) is -2.19. The van der Waals surface area contributed by atoms with Crippen LogP contribution in [0.5, 0.6) is 0 Å². The quantitative estimate of drug-likeness (QED) is 0.356. The maximum Gasteiger partial charge on any atom is 0.668 e. The van der Waals surface area contributed by atoms with Gasteiger partial charge >= 0.3 is 9.05 Å². The van der Waals surface area contributed by atoms with Crippen LogP contribution in [0.25, 0.3) is 0 Å². The van der Waals surface area contributed by atoms with Gasteiger partial charge in [0.2, 0.25) is 0 Å². The maximum atomic E-state index is 7.33. The molecule has 0 saturated heterocycles. The molecule has 8 heteroatoms. The Hall–Kier alpha value is 2.70. The molecule has 0 aromatic rings. The first-order valence-corrected chi connectivity index (χ1v) is 2.68. The number of hydrogen-bond acceptors (Lipinski definition) is 4. The van der Waals surface area contributed by atoms with Gasteiger partial charge in [-0.05, 0) is 0 Å². The van der Waals surface area contributed by atoms with E-state index in [1.54, 1.807) is 0 Å². The molecule has 0 atom stereocenters. The molecule has 4 nitrogen and oxygen atoms in total. The van der Waals surface area contributed by atoms with E-state index in [2.05, 4.69) is 0 Å². The summed E-state index contributed by atoms with van der Waals surface area (Å²) in [4.78, 5) is 29.3. The van der Waals surface area contributed by atoms with Crippen LogP contribution in [0.3, 0.4) is 0 Å². The molecule has 4 N–H and O–H groups in total. The molecular weight excluding hydrogens is 384 g/mol. The van der Waals surface area contributed by atoms with Gasteiger partial charge in [-0.15, -0.1) is 12.4 Å². The third-order valence-corrected chi connectivity index (χ3v) is 0. The minimum absolute atomic E-state index is 0. The van der Waals surface area contributed by atoms with Gasteiger partial charge in [-0.1, -0.05) is 0 Å². The van der Waals surface area contributed by atoms with Crippen molar-refractivity contribution >= 4 is 21.5 Å². The average Bonchev–Trinajstić information content (AvgIpc) is 0.722. The van der Waals surface area contributed by atoms with Crippen molar-refractivity contribution in [2.24, 2.45) is 0 Å². The van der Waals surface area contributed by atoms with Crippen LogP contribution in [0.15, 0.2) is 0 Å². The van der Waals surface area contributed by atoms with Crippen LogP contribution in [0.1, 0.15) is 0 Å². The second-order valence-corrected chi connectivity index (χ2v) is 1.80. The molecule has 0 bridgehead atoms. The molecule has 0 amide bonds. The van der Waals surface area contributed by atoms with E-state index in [0.717, 1.165) is 0 Å². The Bertz CT molecular complexity index is 31.5. The molecule has 55 valence electrons. The molecule has 0 rings (SSSR count). The van der Waals surface area contributed by atoms with Crippen molar-refractivity contribution in [2.75, 3.05) is 0 Å². The van der Waals surface area contributed by atoms with Crippen molar-refractivity contribution in [3.63, 3.8) is 0 Å². The van der Waals surface area contributed by atoms with Crippen molar-refractivity contribution in [1.29, 1.82) is 0 Å². The Balaban J connectivity index is -0.0000000267. The zero-order valence-corrected chi connectivity index (χ0v) is 10.1. The molecule has 0 aromatic heterocycles. The van der Waals surface area contributed by atoms with Crippen LogP contribution in [-0.2, 0) is 32.7 Å². The summed E-state index contributed by atoms with van der Waals surface area (Å²) in [5.74, 6) is 0. The molecule has 0 aromatic carbocycles. The molecule has 0 spiro atoms. The van der Waals surface area contributed by atoms with Crippen molar-refractivity contribution in [3.05, 3.63) is 0 Å². The summed E-state index contributed by atoms with van der Waals surface area (Å²) in [5.41, 5.74) is 0. The van der Waals surface area contributed by atoms with Gasteiger partial charge in [-0.3, -0.25) is 0 Å². The van der Waals surface area contributed by atoms with E-state index in [-0.39, 0.29) is 82.4 Å². The van der Waals surface area contributed by atoms with E-state index < -0.39 is 9.05 Å². The Morgan fingerprint density at radius 1 is 0.875 bits per heavy atom. The molecule has 0 aliphatic carbocycles. The maximum absolute atomic E-state index is 7.33. The van der Waals surface area contributed by atoms with Gasteiger partial charge in [-0.2, -0.15) is 0 Å². The first-order valence-electron chi connectivity index (χ1n) is 0.894. The fourth-order valence-corrected chi connectivity index (χ4v) is 0. The van der Waals surface area contributed by atoms with Crippen molar-refractivity contribution in [1.82, 2.24) is 0 Å². The summed E-state index contributed by atoms with van der Waals surface area (Å²) in [6.07, 6.45) is 0. The summed E-state index contributed by atoms with van der Waals surface area (Å²) in [7, 11) is -4.61. The Morgan fingerprint density at radius 3 is 0.875 bits per heavy atom. The van der Waals surface area contributed by atoms with Crippen molar-refractivity contribution in [3.8, 4) is 0 Å². The van der Waals surface area contributed by atoms with Gasteiger partial charge in [0.15, 0.2) is 0 Å². The van der Waals surface area contributed by atoms with Gasteiger partial charge < -0.3 is 19.2 Å². The minimum Gasteiger partial charge on any atom is -0.368 e. The summed E-state index contributed by atoms with van der Waals surface area (Å²) >= 11 is 0. The summed E-state index contributed by atoms with van der Waals surface area (Å²) in [6, 6.07) is 0. The number of rotatable bonds is 0. The predicted molar refractivity (Wildman–Crippen MR) is 21.9 cm³/mol. The first kappa shape index (κ1) is 22.4. The van der Waals surface area contributed by atoms with Crippen molar-refractivity contribution in [2.45, 2.75) is 0 Å². The van der Waals surface area contributed by atoms with E-state index in [0.29, 0.717) is 0 Å². The minimum atomic E-state index is -4.61. The molecule has 0 fully saturated rings. The molecule has 0 aliphatic rings. The van der Waals surface area contributed by atoms with Crippen LogP contribution in [-0.4, -0.2) is 28.2 Å². The fraction of sp³-hybridized carbons (Fsp3) is 0. The van der Waals surface area contributed by atoms with E-state index >= 15 is 0 Å². The summed E-state index contributed by atoms with van der Waals surface area (Å²) in [5, 5.41) is 0. The van der Waals surface area contributed by atoms with E-state index in [1.165, 1.54) is 0 Å². The molecule has 8 heavy (non-hydrogen) atoms. The summed E-state index contributed by atoms with van der Waals surface area (Å²) in [6.45, 7) is 0. The first-order chi connectivity index (χ1) is 2.00. The van der Waals surface area contributed by atoms with Crippen LogP contribution in [0.2, 0.25) is 0 Å². The Morgan fingerprint density at radius 2 is 0.875 bits per heavy atom. The van der Waals surface area contributed by atoms with Gasteiger partial charge in [0.25, 0.3) is 0 Å². The molecule has 0 aliphatic heterocycles. The average molecular weight is 389 g/mol.